The lowest BCUT2D eigenvalue weighted by molar-refractivity contribution is 0.299. The van der Waals surface area contributed by atoms with Gasteiger partial charge in [-0.3, -0.25) is 0 Å². The van der Waals surface area contributed by atoms with Crippen LogP contribution in [0.15, 0.2) is 23.1 Å². The van der Waals surface area contributed by atoms with Gasteiger partial charge >= 0.3 is 0 Å². The molecule has 3 nitrogen and oxygen atoms in total. The first kappa shape index (κ1) is 10.5. The first-order chi connectivity index (χ1) is 7.05. The maximum Gasteiger partial charge on any atom is 0.176 e. The van der Waals surface area contributed by atoms with E-state index in [2.05, 4.69) is 6.07 Å². The van der Waals surface area contributed by atoms with E-state index in [1.165, 1.54) is 25.2 Å². The molecule has 0 heterocycles. The second-order valence-electron chi connectivity index (χ2n) is 3.92. The van der Waals surface area contributed by atoms with E-state index in [4.69, 9.17) is 4.74 Å². The molecule has 1 aromatic carbocycles. The third-order valence-electron chi connectivity index (χ3n) is 2.34. The molecule has 2 rings (SSSR count). The second kappa shape index (κ2) is 3.85. The number of rotatable bonds is 4. The number of hydrogen-bond donors (Lipinski definition) is 0. The quantitative estimate of drug-likeness (QED) is 0.783. The number of ether oxygens (including phenoxy) is 1. The highest BCUT2D eigenvalue weighted by atomic mass is 32.2. The lowest BCUT2D eigenvalue weighted by atomic mass is 10.3. The molecule has 0 amide bonds. The van der Waals surface area contributed by atoms with E-state index in [0.29, 0.717) is 11.7 Å². The first-order valence-corrected chi connectivity index (χ1v) is 6.79. The van der Waals surface area contributed by atoms with Gasteiger partial charge in [-0.2, -0.15) is 0 Å². The summed E-state index contributed by atoms with van der Waals surface area (Å²) < 4.78 is 27.8. The molecule has 1 aliphatic carbocycles. The fourth-order valence-corrected chi connectivity index (χ4v) is 1.80. The molecule has 1 saturated carbocycles. The fraction of sp³-hybridized carbons (Fsp3) is 0.455. The third kappa shape index (κ3) is 2.96. The topological polar surface area (TPSA) is 43.4 Å². The van der Waals surface area contributed by atoms with Crippen LogP contribution in [0.4, 0.5) is 0 Å². The Morgan fingerprint density at radius 2 is 2.20 bits per heavy atom. The van der Waals surface area contributed by atoms with Crippen LogP contribution in [0.5, 0.6) is 5.75 Å². The van der Waals surface area contributed by atoms with Gasteiger partial charge in [-0.1, -0.05) is 0 Å². The highest BCUT2D eigenvalue weighted by molar-refractivity contribution is 7.90. The summed E-state index contributed by atoms with van der Waals surface area (Å²) in [5.41, 5.74) is 0. The smallest absolute Gasteiger partial charge is 0.176 e. The molecule has 1 radical (unpaired) electrons. The van der Waals surface area contributed by atoms with E-state index in [0.717, 1.165) is 6.61 Å². The SMILES string of the molecule is CS(=O)(=O)c1[c]cc(OCC2CC2)cc1. The summed E-state index contributed by atoms with van der Waals surface area (Å²) in [5, 5.41) is 0. The molecule has 0 aliphatic heterocycles. The van der Waals surface area contributed by atoms with E-state index < -0.39 is 9.84 Å². The monoisotopic (exact) mass is 225 g/mol. The Balaban J connectivity index is 2.02. The van der Waals surface area contributed by atoms with Crippen molar-refractivity contribution in [2.24, 2.45) is 5.92 Å². The van der Waals surface area contributed by atoms with Gasteiger partial charge in [0, 0.05) is 12.3 Å². The Hall–Kier alpha value is -1.03. The minimum absolute atomic E-state index is 0.210. The van der Waals surface area contributed by atoms with Gasteiger partial charge in [0.15, 0.2) is 9.84 Å². The lowest BCUT2D eigenvalue weighted by Crippen LogP contribution is -2.00. The summed E-state index contributed by atoms with van der Waals surface area (Å²) in [4.78, 5) is 0.210. The highest BCUT2D eigenvalue weighted by Gasteiger charge is 2.21. The summed E-state index contributed by atoms with van der Waals surface area (Å²) >= 11 is 0. The number of hydrogen-bond acceptors (Lipinski definition) is 3. The Morgan fingerprint density at radius 1 is 1.47 bits per heavy atom. The van der Waals surface area contributed by atoms with Crippen molar-refractivity contribution in [3.63, 3.8) is 0 Å². The predicted octanol–water partition coefficient (Wildman–Crippen LogP) is 1.68. The fourth-order valence-electron chi connectivity index (χ4n) is 1.22. The average Bonchev–Trinajstić information content (AvgIpc) is 2.97. The Labute approximate surface area is 90.0 Å². The zero-order chi connectivity index (χ0) is 10.9. The van der Waals surface area contributed by atoms with Crippen LogP contribution >= 0.6 is 0 Å². The van der Waals surface area contributed by atoms with Crippen molar-refractivity contribution >= 4 is 9.84 Å². The molecule has 0 aromatic heterocycles. The van der Waals surface area contributed by atoms with Crippen LogP contribution in [0.2, 0.25) is 0 Å². The zero-order valence-electron chi connectivity index (χ0n) is 8.56. The second-order valence-corrected chi connectivity index (χ2v) is 5.90. The summed E-state index contributed by atoms with van der Waals surface area (Å²) in [6.07, 6.45) is 3.65. The summed E-state index contributed by atoms with van der Waals surface area (Å²) in [6.45, 7) is 0.728. The Bertz CT molecular complexity index is 429. The van der Waals surface area contributed by atoms with Crippen molar-refractivity contribution < 1.29 is 13.2 Å². The van der Waals surface area contributed by atoms with E-state index in [9.17, 15) is 8.42 Å². The molecule has 1 aliphatic rings. The van der Waals surface area contributed by atoms with Crippen LogP contribution in [0.25, 0.3) is 0 Å². The van der Waals surface area contributed by atoms with E-state index in [-0.39, 0.29) is 4.90 Å². The molecule has 4 heteroatoms. The number of benzene rings is 1. The van der Waals surface area contributed by atoms with Gasteiger partial charge in [-0.25, -0.2) is 8.42 Å². The summed E-state index contributed by atoms with van der Waals surface area (Å²) in [7, 11) is -3.15. The van der Waals surface area contributed by atoms with Crippen molar-refractivity contribution in [2.75, 3.05) is 12.9 Å². The van der Waals surface area contributed by atoms with Gasteiger partial charge in [0.05, 0.1) is 11.5 Å². The average molecular weight is 225 g/mol. The van der Waals surface area contributed by atoms with E-state index >= 15 is 0 Å². The van der Waals surface area contributed by atoms with E-state index in [1.54, 1.807) is 12.1 Å². The third-order valence-corrected chi connectivity index (χ3v) is 3.39. The molecule has 1 fully saturated rings. The van der Waals surface area contributed by atoms with Gasteiger partial charge in [0.25, 0.3) is 0 Å². The molecule has 0 unspecified atom stereocenters. The molecule has 0 spiro atoms. The molecule has 1 aromatic rings. The first-order valence-electron chi connectivity index (χ1n) is 4.90. The van der Waals surface area contributed by atoms with Gasteiger partial charge < -0.3 is 4.74 Å². The molecule has 0 bridgehead atoms. The van der Waals surface area contributed by atoms with Crippen LogP contribution in [0, 0.1) is 12.0 Å². The molecule has 0 saturated heterocycles. The van der Waals surface area contributed by atoms with Crippen molar-refractivity contribution in [2.45, 2.75) is 17.7 Å². The minimum atomic E-state index is -3.15. The normalized spacial score (nSPS) is 16.3. The Kier molecular flexibility index (Phi) is 2.69. The molecular weight excluding hydrogens is 212 g/mol. The van der Waals surface area contributed by atoms with Crippen molar-refractivity contribution in [1.82, 2.24) is 0 Å². The number of sulfone groups is 1. The molecular formula is C11H13O3S. The summed E-state index contributed by atoms with van der Waals surface area (Å²) in [6, 6.07) is 7.49. The standard InChI is InChI=1S/C11H13O3S/c1-15(12,13)11-6-4-10(5-7-11)14-8-9-2-3-9/h4-6,9H,2-3,8H2,1H3. The molecule has 81 valence electrons. The molecule has 15 heavy (non-hydrogen) atoms. The van der Waals surface area contributed by atoms with Crippen molar-refractivity contribution in [1.29, 1.82) is 0 Å². The molecule has 0 atom stereocenters. The van der Waals surface area contributed by atoms with Crippen LogP contribution < -0.4 is 4.74 Å². The minimum Gasteiger partial charge on any atom is -0.493 e. The van der Waals surface area contributed by atoms with Crippen LogP contribution in [0.1, 0.15) is 12.8 Å². The van der Waals surface area contributed by atoms with Gasteiger partial charge in [-0.15, -0.1) is 0 Å². The van der Waals surface area contributed by atoms with Gasteiger partial charge in [0.2, 0.25) is 0 Å². The largest absolute Gasteiger partial charge is 0.493 e. The predicted molar refractivity (Wildman–Crippen MR) is 56.6 cm³/mol. The van der Waals surface area contributed by atoms with Gasteiger partial charge in [-0.05, 0) is 37.0 Å². The highest BCUT2D eigenvalue weighted by Crippen LogP contribution is 2.29. The van der Waals surface area contributed by atoms with Crippen molar-refractivity contribution in [3.8, 4) is 5.75 Å². The zero-order valence-corrected chi connectivity index (χ0v) is 9.38. The van der Waals surface area contributed by atoms with Crippen LogP contribution in [-0.4, -0.2) is 21.3 Å². The summed E-state index contributed by atoms with van der Waals surface area (Å²) in [5.74, 6) is 1.38. The van der Waals surface area contributed by atoms with Gasteiger partial charge in [0.1, 0.15) is 5.75 Å². The Morgan fingerprint density at radius 3 is 2.67 bits per heavy atom. The lowest BCUT2D eigenvalue weighted by Gasteiger charge is -2.05. The van der Waals surface area contributed by atoms with Crippen molar-refractivity contribution in [3.05, 3.63) is 24.3 Å². The van der Waals surface area contributed by atoms with E-state index in [1.807, 2.05) is 0 Å². The molecule has 0 N–H and O–H groups in total. The van der Waals surface area contributed by atoms with Crippen LogP contribution in [0.3, 0.4) is 0 Å². The van der Waals surface area contributed by atoms with Crippen LogP contribution in [-0.2, 0) is 9.84 Å². The maximum absolute atomic E-state index is 11.1. The maximum atomic E-state index is 11.1.